The van der Waals surface area contributed by atoms with Crippen molar-refractivity contribution in [3.63, 3.8) is 0 Å². The molecule has 0 unspecified atom stereocenters. The van der Waals surface area contributed by atoms with Crippen LogP contribution in [0.2, 0.25) is 0 Å². The standard InChI is InChI=1S/C17H19N3O3/c1-3-20(4-2)14-8-5-12(6-9-14)18-19-13-7-10-16(21)15(11-13)17(22)23/h5-11,21H,3-4H2,1-2H3,(H,22,23). The molecule has 2 rings (SSSR count). The Balaban J connectivity index is 2.17. The van der Waals surface area contributed by atoms with Crippen LogP contribution in [0.1, 0.15) is 24.2 Å². The summed E-state index contributed by atoms with van der Waals surface area (Å²) in [5.41, 5.74) is 1.96. The predicted molar refractivity (Wildman–Crippen MR) is 89.2 cm³/mol. The topological polar surface area (TPSA) is 85.5 Å². The van der Waals surface area contributed by atoms with Gasteiger partial charge >= 0.3 is 5.97 Å². The molecule has 0 atom stereocenters. The van der Waals surface area contributed by atoms with E-state index in [1.54, 1.807) is 0 Å². The summed E-state index contributed by atoms with van der Waals surface area (Å²) in [5, 5.41) is 26.5. The SMILES string of the molecule is CCN(CC)c1ccc(N=Nc2ccc(O)c(C(=O)O)c2)cc1. The summed E-state index contributed by atoms with van der Waals surface area (Å²) < 4.78 is 0. The number of carbonyl (C=O) groups is 1. The van der Waals surface area contributed by atoms with Crippen LogP contribution in [0.25, 0.3) is 0 Å². The minimum absolute atomic E-state index is 0.196. The van der Waals surface area contributed by atoms with Crippen molar-refractivity contribution in [3.05, 3.63) is 48.0 Å². The Morgan fingerprint density at radius 1 is 1.00 bits per heavy atom. The third kappa shape index (κ3) is 4.06. The van der Waals surface area contributed by atoms with Crippen LogP contribution in [0, 0.1) is 0 Å². The minimum atomic E-state index is -1.21. The van der Waals surface area contributed by atoms with Crippen molar-refractivity contribution in [1.82, 2.24) is 0 Å². The molecule has 0 saturated heterocycles. The highest BCUT2D eigenvalue weighted by atomic mass is 16.4. The highest BCUT2D eigenvalue weighted by Crippen LogP contribution is 2.26. The maximum Gasteiger partial charge on any atom is 0.339 e. The highest BCUT2D eigenvalue weighted by molar-refractivity contribution is 5.91. The summed E-state index contributed by atoms with van der Waals surface area (Å²) in [6.07, 6.45) is 0. The lowest BCUT2D eigenvalue weighted by Crippen LogP contribution is -2.21. The second-order valence-electron chi connectivity index (χ2n) is 4.90. The van der Waals surface area contributed by atoms with Gasteiger partial charge in [-0.15, -0.1) is 0 Å². The van der Waals surface area contributed by atoms with Crippen molar-refractivity contribution in [2.24, 2.45) is 10.2 Å². The molecule has 0 heterocycles. The number of azo groups is 1. The molecule has 6 heteroatoms. The number of anilines is 1. The number of hydrogen-bond acceptors (Lipinski definition) is 5. The van der Waals surface area contributed by atoms with Crippen LogP contribution in [-0.2, 0) is 0 Å². The fourth-order valence-corrected chi connectivity index (χ4v) is 2.19. The van der Waals surface area contributed by atoms with Gasteiger partial charge in [-0.25, -0.2) is 4.79 Å². The van der Waals surface area contributed by atoms with Crippen molar-refractivity contribution in [1.29, 1.82) is 0 Å². The van der Waals surface area contributed by atoms with Gasteiger partial charge in [-0.05, 0) is 56.3 Å². The zero-order valence-electron chi connectivity index (χ0n) is 13.1. The Labute approximate surface area is 134 Å². The Morgan fingerprint density at radius 3 is 2.13 bits per heavy atom. The molecule has 6 nitrogen and oxygen atoms in total. The number of aromatic hydroxyl groups is 1. The van der Waals surface area contributed by atoms with Gasteiger partial charge in [0.05, 0.1) is 11.4 Å². The van der Waals surface area contributed by atoms with Gasteiger partial charge in [0.15, 0.2) is 0 Å². The molecule has 0 spiro atoms. The van der Waals surface area contributed by atoms with Crippen LogP contribution in [0.4, 0.5) is 17.1 Å². The third-order valence-corrected chi connectivity index (χ3v) is 3.47. The molecule has 0 aromatic heterocycles. The number of benzene rings is 2. The van der Waals surface area contributed by atoms with Gasteiger partial charge in [-0.3, -0.25) is 0 Å². The molecule has 0 saturated carbocycles. The van der Waals surface area contributed by atoms with E-state index >= 15 is 0 Å². The second-order valence-corrected chi connectivity index (χ2v) is 4.90. The summed E-state index contributed by atoms with van der Waals surface area (Å²) in [6.45, 7) is 6.07. The fraction of sp³-hybridized carbons (Fsp3) is 0.235. The molecule has 0 aliphatic heterocycles. The second kappa shape index (κ2) is 7.40. The summed E-state index contributed by atoms with van der Waals surface area (Å²) in [5.74, 6) is -1.50. The van der Waals surface area contributed by atoms with Crippen molar-refractivity contribution < 1.29 is 15.0 Å². The minimum Gasteiger partial charge on any atom is -0.507 e. The van der Waals surface area contributed by atoms with E-state index < -0.39 is 5.97 Å². The van der Waals surface area contributed by atoms with Gasteiger partial charge in [-0.1, -0.05) is 0 Å². The van der Waals surface area contributed by atoms with Crippen molar-refractivity contribution in [3.8, 4) is 5.75 Å². The first-order chi connectivity index (χ1) is 11.0. The number of rotatable bonds is 6. The van der Waals surface area contributed by atoms with Crippen molar-refractivity contribution >= 4 is 23.0 Å². The first-order valence-electron chi connectivity index (χ1n) is 7.38. The van der Waals surface area contributed by atoms with Gasteiger partial charge in [0.2, 0.25) is 0 Å². The van der Waals surface area contributed by atoms with Gasteiger partial charge in [-0.2, -0.15) is 10.2 Å². The van der Waals surface area contributed by atoms with E-state index in [0.29, 0.717) is 11.4 Å². The number of carboxylic acid groups (broad SMARTS) is 1. The summed E-state index contributed by atoms with van der Waals surface area (Å²) in [7, 11) is 0. The number of nitrogens with zero attached hydrogens (tertiary/aromatic N) is 3. The number of aromatic carboxylic acids is 1. The lowest BCUT2D eigenvalue weighted by atomic mass is 10.2. The van der Waals surface area contributed by atoms with E-state index in [4.69, 9.17) is 5.11 Å². The quantitative estimate of drug-likeness (QED) is 0.776. The summed E-state index contributed by atoms with van der Waals surface area (Å²) in [4.78, 5) is 13.2. The zero-order valence-corrected chi connectivity index (χ0v) is 13.1. The Morgan fingerprint density at radius 2 is 1.57 bits per heavy atom. The number of carboxylic acids is 1. The predicted octanol–water partition coefficient (Wildman–Crippen LogP) is 4.35. The van der Waals surface area contributed by atoms with Crippen LogP contribution in [-0.4, -0.2) is 29.3 Å². The van der Waals surface area contributed by atoms with Gasteiger partial charge in [0.25, 0.3) is 0 Å². The van der Waals surface area contributed by atoms with Gasteiger partial charge < -0.3 is 15.1 Å². The van der Waals surface area contributed by atoms with Crippen LogP contribution < -0.4 is 4.90 Å². The van der Waals surface area contributed by atoms with E-state index in [-0.39, 0.29) is 11.3 Å². The molecule has 0 fully saturated rings. The summed E-state index contributed by atoms with van der Waals surface area (Å²) in [6, 6.07) is 11.7. The van der Waals surface area contributed by atoms with Crippen LogP contribution >= 0.6 is 0 Å². The van der Waals surface area contributed by atoms with Crippen LogP contribution in [0.3, 0.4) is 0 Å². The van der Waals surface area contributed by atoms with Gasteiger partial charge in [0.1, 0.15) is 11.3 Å². The summed E-state index contributed by atoms with van der Waals surface area (Å²) >= 11 is 0. The number of phenols is 1. The Bertz CT molecular complexity index is 708. The van der Waals surface area contributed by atoms with E-state index in [9.17, 15) is 9.90 Å². The largest absolute Gasteiger partial charge is 0.507 e. The maximum absolute atomic E-state index is 11.0. The van der Waals surface area contributed by atoms with E-state index in [1.807, 2.05) is 24.3 Å². The molecule has 120 valence electrons. The average Bonchev–Trinajstić information content (AvgIpc) is 2.56. The fourth-order valence-electron chi connectivity index (χ4n) is 2.19. The molecule has 0 aliphatic carbocycles. The van der Waals surface area contributed by atoms with E-state index in [2.05, 4.69) is 29.0 Å². The lowest BCUT2D eigenvalue weighted by Gasteiger charge is -2.20. The van der Waals surface area contributed by atoms with Crippen LogP contribution in [0.5, 0.6) is 5.75 Å². The van der Waals surface area contributed by atoms with Crippen molar-refractivity contribution in [2.45, 2.75) is 13.8 Å². The smallest absolute Gasteiger partial charge is 0.339 e. The molecule has 2 aromatic rings. The molecule has 0 radical (unpaired) electrons. The molecule has 0 amide bonds. The first kappa shape index (κ1) is 16.5. The molecule has 23 heavy (non-hydrogen) atoms. The number of hydrogen-bond donors (Lipinski definition) is 2. The van der Waals surface area contributed by atoms with Crippen molar-refractivity contribution in [2.75, 3.05) is 18.0 Å². The Kier molecular flexibility index (Phi) is 5.30. The van der Waals surface area contributed by atoms with E-state index in [1.165, 1.54) is 18.2 Å². The average molecular weight is 313 g/mol. The molecule has 2 aromatic carbocycles. The molecule has 2 N–H and O–H groups in total. The molecule has 0 bridgehead atoms. The first-order valence-corrected chi connectivity index (χ1v) is 7.38. The zero-order chi connectivity index (χ0) is 16.8. The lowest BCUT2D eigenvalue weighted by molar-refractivity contribution is 0.0694. The molecular formula is C17H19N3O3. The highest BCUT2D eigenvalue weighted by Gasteiger charge is 2.09. The molecule has 0 aliphatic rings. The van der Waals surface area contributed by atoms with Crippen LogP contribution in [0.15, 0.2) is 52.7 Å². The maximum atomic E-state index is 11.0. The molecular weight excluding hydrogens is 294 g/mol. The third-order valence-electron chi connectivity index (χ3n) is 3.47. The monoisotopic (exact) mass is 313 g/mol. The Hall–Kier alpha value is -2.89. The normalized spacial score (nSPS) is 10.9. The van der Waals surface area contributed by atoms with E-state index in [0.717, 1.165) is 18.8 Å². The van der Waals surface area contributed by atoms with Gasteiger partial charge in [0, 0.05) is 18.8 Å².